The van der Waals surface area contributed by atoms with E-state index in [-0.39, 0.29) is 5.56 Å². The summed E-state index contributed by atoms with van der Waals surface area (Å²) in [5.74, 6) is 0. The summed E-state index contributed by atoms with van der Waals surface area (Å²) in [7, 11) is 0. The Hall–Kier alpha value is -2.46. The van der Waals surface area contributed by atoms with Gasteiger partial charge in [0.2, 0.25) is 0 Å². The zero-order chi connectivity index (χ0) is 14.4. The van der Waals surface area contributed by atoms with E-state index in [1.165, 1.54) is 15.6 Å². The lowest BCUT2D eigenvalue weighted by Gasteiger charge is -2.03. The van der Waals surface area contributed by atoms with Crippen LogP contribution in [0.2, 0.25) is 0 Å². The molecule has 21 heavy (non-hydrogen) atoms. The molecule has 3 nitrogen and oxygen atoms in total. The molecule has 0 aliphatic heterocycles. The van der Waals surface area contributed by atoms with Gasteiger partial charge in [0, 0.05) is 10.1 Å². The Labute approximate surface area is 124 Å². The second kappa shape index (κ2) is 4.53. The first-order chi connectivity index (χ1) is 10.3. The summed E-state index contributed by atoms with van der Waals surface area (Å²) in [4.78, 5) is 13.0. The SMILES string of the molecule is Cc1c(-c2n[nH]c(=O)c3ccccc23)sc2ccccc12. The van der Waals surface area contributed by atoms with Crippen LogP contribution in [0.3, 0.4) is 0 Å². The van der Waals surface area contributed by atoms with Crippen molar-refractivity contribution >= 4 is 32.2 Å². The predicted octanol–water partition coefficient (Wildman–Crippen LogP) is 4.11. The molecule has 0 aliphatic carbocycles. The first-order valence-electron chi connectivity index (χ1n) is 6.71. The zero-order valence-corrected chi connectivity index (χ0v) is 12.2. The molecule has 2 heterocycles. The molecule has 0 fully saturated rings. The summed E-state index contributed by atoms with van der Waals surface area (Å²) in [6.07, 6.45) is 0. The second-order valence-electron chi connectivity index (χ2n) is 5.00. The topological polar surface area (TPSA) is 45.8 Å². The highest BCUT2D eigenvalue weighted by atomic mass is 32.1. The van der Waals surface area contributed by atoms with Crippen LogP contribution < -0.4 is 5.56 Å². The van der Waals surface area contributed by atoms with Crippen molar-refractivity contribution in [3.63, 3.8) is 0 Å². The van der Waals surface area contributed by atoms with Gasteiger partial charge in [-0.1, -0.05) is 36.4 Å². The predicted molar refractivity (Wildman–Crippen MR) is 87.9 cm³/mol. The lowest BCUT2D eigenvalue weighted by Crippen LogP contribution is -2.09. The average Bonchev–Trinajstić information content (AvgIpc) is 2.86. The van der Waals surface area contributed by atoms with E-state index >= 15 is 0 Å². The Morgan fingerprint density at radius 3 is 2.38 bits per heavy atom. The van der Waals surface area contributed by atoms with Crippen LogP contribution in [-0.4, -0.2) is 10.2 Å². The maximum atomic E-state index is 11.9. The van der Waals surface area contributed by atoms with Gasteiger partial charge in [-0.2, -0.15) is 5.10 Å². The molecular weight excluding hydrogens is 280 g/mol. The molecule has 0 aliphatic rings. The average molecular weight is 292 g/mol. The van der Waals surface area contributed by atoms with Crippen molar-refractivity contribution in [2.75, 3.05) is 0 Å². The van der Waals surface area contributed by atoms with Crippen LogP contribution in [0.4, 0.5) is 0 Å². The van der Waals surface area contributed by atoms with Gasteiger partial charge in [-0.05, 0) is 30.0 Å². The van der Waals surface area contributed by atoms with Crippen LogP contribution in [0.1, 0.15) is 5.56 Å². The third-order valence-corrected chi connectivity index (χ3v) is 5.03. The van der Waals surface area contributed by atoms with Crippen molar-refractivity contribution in [2.45, 2.75) is 6.92 Å². The standard InChI is InChI=1S/C17H12N2OS/c1-10-11-6-4-5-9-14(11)21-16(10)15-12-7-2-3-8-13(12)17(20)19-18-15/h2-9H,1H3,(H,19,20). The molecule has 0 atom stereocenters. The number of hydrogen-bond donors (Lipinski definition) is 1. The molecular formula is C17H12N2OS. The number of nitrogens with zero attached hydrogens (tertiary/aromatic N) is 1. The molecule has 2 aromatic heterocycles. The number of H-pyrrole nitrogens is 1. The van der Waals surface area contributed by atoms with E-state index in [1.54, 1.807) is 11.3 Å². The minimum Gasteiger partial charge on any atom is -0.267 e. The number of aryl methyl sites for hydroxylation is 1. The van der Waals surface area contributed by atoms with Gasteiger partial charge in [-0.25, -0.2) is 5.10 Å². The van der Waals surface area contributed by atoms with Gasteiger partial charge in [-0.15, -0.1) is 11.3 Å². The van der Waals surface area contributed by atoms with E-state index in [0.29, 0.717) is 5.39 Å². The van der Waals surface area contributed by atoms with Crippen molar-refractivity contribution < 1.29 is 0 Å². The van der Waals surface area contributed by atoms with Crippen molar-refractivity contribution in [3.05, 3.63) is 64.4 Å². The van der Waals surface area contributed by atoms with Gasteiger partial charge >= 0.3 is 0 Å². The number of nitrogens with one attached hydrogen (secondary N) is 1. The molecule has 2 aromatic carbocycles. The van der Waals surface area contributed by atoms with E-state index in [9.17, 15) is 4.79 Å². The summed E-state index contributed by atoms with van der Waals surface area (Å²) < 4.78 is 1.24. The molecule has 4 rings (SSSR count). The molecule has 0 unspecified atom stereocenters. The number of aromatic amines is 1. The smallest absolute Gasteiger partial charge is 0.267 e. The van der Waals surface area contributed by atoms with Gasteiger partial charge in [0.1, 0.15) is 5.69 Å². The molecule has 0 saturated carbocycles. The lowest BCUT2D eigenvalue weighted by atomic mass is 10.1. The molecule has 4 heteroatoms. The fraction of sp³-hybridized carbons (Fsp3) is 0.0588. The quantitative estimate of drug-likeness (QED) is 0.574. The first kappa shape index (κ1) is 12.3. The highest BCUT2D eigenvalue weighted by molar-refractivity contribution is 7.22. The Kier molecular flexibility index (Phi) is 2.65. The van der Waals surface area contributed by atoms with Crippen molar-refractivity contribution in [3.8, 4) is 10.6 Å². The molecule has 102 valence electrons. The summed E-state index contributed by atoms with van der Waals surface area (Å²) in [5, 5.41) is 9.74. The third kappa shape index (κ3) is 1.80. The van der Waals surface area contributed by atoms with Crippen LogP contribution in [0, 0.1) is 6.92 Å². The normalized spacial score (nSPS) is 11.3. The van der Waals surface area contributed by atoms with Gasteiger partial charge in [0.05, 0.1) is 10.3 Å². The fourth-order valence-electron chi connectivity index (χ4n) is 2.69. The molecule has 0 saturated heterocycles. The lowest BCUT2D eigenvalue weighted by molar-refractivity contribution is 1.02. The minimum atomic E-state index is -0.145. The Morgan fingerprint density at radius 2 is 1.62 bits per heavy atom. The van der Waals surface area contributed by atoms with E-state index in [2.05, 4.69) is 29.3 Å². The molecule has 4 aromatic rings. The number of thiophene rings is 1. The van der Waals surface area contributed by atoms with Gasteiger partial charge in [0.15, 0.2) is 0 Å². The monoisotopic (exact) mass is 292 g/mol. The molecule has 0 bridgehead atoms. The summed E-state index contributed by atoms with van der Waals surface area (Å²) >= 11 is 1.71. The van der Waals surface area contributed by atoms with Gasteiger partial charge < -0.3 is 0 Å². The number of rotatable bonds is 1. The van der Waals surface area contributed by atoms with E-state index in [1.807, 2.05) is 36.4 Å². The third-order valence-electron chi connectivity index (χ3n) is 3.75. The molecule has 0 amide bonds. The minimum absolute atomic E-state index is 0.145. The van der Waals surface area contributed by atoms with Gasteiger partial charge in [-0.3, -0.25) is 4.79 Å². The fourth-order valence-corrected chi connectivity index (χ4v) is 3.90. The Morgan fingerprint density at radius 1 is 0.952 bits per heavy atom. The molecule has 0 spiro atoms. The van der Waals surface area contributed by atoms with Crippen LogP contribution >= 0.6 is 11.3 Å². The highest BCUT2D eigenvalue weighted by Crippen LogP contribution is 2.38. The maximum Gasteiger partial charge on any atom is 0.272 e. The van der Waals surface area contributed by atoms with E-state index in [0.717, 1.165) is 16.0 Å². The molecule has 0 radical (unpaired) electrons. The van der Waals surface area contributed by atoms with Crippen molar-refractivity contribution in [1.82, 2.24) is 10.2 Å². The zero-order valence-electron chi connectivity index (χ0n) is 11.4. The number of benzene rings is 2. The van der Waals surface area contributed by atoms with Gasteiger partial charge in [0.25, 0.3) is 5.56 Å². The Balaban J connectivity index is 2.12. The van der Waals surface area contributed by atoms with Crippen LogP contribution in [0.15, 0.2) is 53.3 Å². The van der Waals surface area contributed by atoms with Crippen molar-refractivity contribution in [2.24, 2.45) is 0 Å². The highest BCUT2D eigenvalue weighted by Gasteiger charge is 2.14. The van der Waals surface area contributed by atoms with Crippen LogP contribution in [-0.2, 0) is 0 Å². The number of hydrogen-bond acceptors (Lipinski definition) is 3. The van der Waals surface area contributed by atoms with Crippen LogP contribution in [0.5, 0.6) is 0 Å². The second-order valence-corrected chi connectivity index (χ2v) is 6.05. The maximum absolute atomic E-state index is 11.9. The Bertz CT molecular complexity index is 1030. The van der Waals surface area contributed by atoms with E-state index < -0.39 is 0 Å². The van der Waals surface area contributed by atoms with E-state index in [4.69, 9.17) is 0 Å². The summed E-state index contributed by atoms with van der Waals surface area (Å²) in [6.45, 7) is 2.11. The van der Waals surface area contributed by atoms with Crippen molar-refractivity contribution in [1.29, 1.82) is 0 Å². The number of aromatic nitrogens is 2. The largest absolute Gasteiger partial charge is 0.272 e. The first-order valence-corrected chi connectivity index (χ1v) is 7.53. The summed E-state index contributed by atoms with van der Waals surface area (Å²) in [5.41, 5.74) is 1.91. The number of fused-ring (bicyclic) bond motifs is 2. The van der Waals surface area contributed by atoms with Crippen LogP contribution in [0.25, 0.3) is 31.4 Å². The molecule has 1 N–H and O–H groups in total. The summed E-state index contributed by atoms with van der Waals surface area (Å²) in [6, 6.07) is 15.9.